The Morgan fingerprint density at radius 1 is 1.03 bits per heavy atom. The molecule has 0 atom stereocenters. The van der Waals surface area contributed by atoms with E-state index in [1.165, 1.54) is 12.1 Å². The molecule has 0 unspecified atom stereocenters. The van der Waals surface area contributed by atoms with Crippen molar-refractivity contribution in [3.63, 3.8) is 0 Å². The van der Waals surface area contributed by atoms with Crippen LogP contribution in [0, 0.1) is 5.82 Å². The Balaban J connectivity index is 1.49. The zero-order chi connectivity index (χ0) is 24.6. The van der Waals surface area contributed by atoms with Gasteiger partial charge in [-0.15, -0.1) is 10.2 Å². The number of anilines is 1. The number of carbonyl (C=O) groups excluding carboxylic acids is 1. The van der Waals surface area contributed by atoms with Crippen LogP contribution < -0.4 is 14.8 Å². The third-order valence-corrected chi connectivity index (χ3v) is 6.52. The highest BCUT2D eigenvalue weighted by atomic mass is 35.5. The Morgan fingerprint density at radius 3 is 2.49 bits per heavy atom. The molecular weight excluding hydrogens is 473 g/mol. The van der Waals surface area contributed by atoms with E-state index in [0.717, 1.165) is 11.1 Å². The lowest BCUT2D eigenvalue weighted by Gasteiger charge is -2.17. The van der Waals surface area contributed by atoms with Gasteiger partial charge in [0.1, 0.15) is 5.82 Å². The van der Waals surface area contributed by atoms with Gasteiger partial charge in [-0.05, 0) is 71.1 Å². The van der Waals surface area contributed by atoms with Crippen molar-refractivity contribution in [3.05, 3.63) is 71.0 Å². The van der Waals surface area contributed by atoms with E-state index in [-0.39, 0.29) is 10.9 Å². The second-order valence-corrected chi connectivity index (χ2v) is 8.64. The highest BCUT2D eigenvalue weighted by molar-refractivity contribution is 6.30. The van der Waals surface area contributed by atoms with Crippen molar-refractivity contribution in [2.75, 3.05) is 19.5 Å². The molecule has 3 aromatic carbocycles. The first-order valence-corrected chi connectivity index (χ1v) is 11.2. The number of hydrogen-bond donors (Lipinski definition) is 2. The Kier molecular flexibility index (Phi) is 5.86. The van der Waals surface area contributed by atoms with Gasteiger partial charge >= 0.3 is 0 Å². The first-order valence-electron chi connectivity index (χ1n) is 10.8. The maximum atomic E-state index is 14.0. The van der Waals surface area contributed by atoms with Crippen LogP contribution in [0.2, 0.25) is 5.02 Å². The minimum atomic E-state index is -0.778. The standard InChI is InChI=1S/C25H21ClFN5O3/c1-34-21-8-3-14(11-22(21)35-2)17-6-5-16(13-18(17)23-29-31-32-30-23)28-24(33)25(9-10-25)15-4-7-19(26)20(27)12-15/h3-8,11-13H,9-10H2,1-2H3,(H,28,33)(H,29,30,31,32). The molecule has 0 spiro atoms. The minimum Gasteiger partial charge on any atom is -0.493 e. The molecule has 1 amide bonds. The molecule has 1 aliphatic carbocycles. The largest absolute Gasteiger partial charge is 0.493 e. The molecule has 0 saturated heterocycles. The van der Waals surface area contributed by atoms with E-state index in [9.17, 15) is 9.18 Å². The Labute approximate surface area is 205 Å². The SMILES string of the molecule is COc1ccc(-c2ccc(NC(=O)C3(c4ccc(Cl)c(F)c4)CC3)cc2-c2nn[nH]n2)cc1OC. The van der Waals surface area contributed by atoms with Gasteiger partial charge in [0.15, 0.2) is 11.5 Å². The Hall–Kier alpha value is -3.98. The number of halogens is 2. The summed E-state index contributed by atoms with van der Waals surface area (Å²) in [6.07, 6.45) is 1.25. The van der Waals surface area contributed by atoms with Crippen LogP contribution in [-0.4, -0.2) is 40.8 Å². The number of methoxy groups -OCH3 is 2. The molecule has 1 heterocycles. The van der Waals surface area contributed by atoms with Crippen molar-refractivity contribution in [3.8, 4) is 34.0 Å². The highest BCUT2D eigenvalue weighted by Gasteiger charge is 2.51. The molecule has 2 N–H and O–H groups in total. The number of ether oxygens (including phenoxy) is 2. The number of nitrogens with one attached hydrogen (secondary N) is 2. The quantitative estimate of drug-likeness (QED) is 0.375. The van der Waals surface area contributed by atoms with Crippen LogP contribution in [0.25, 0.3) is 22.5 Å². The summed E-state index contributed by atoms with van der Waals surface area (Å²) in [6, 6.07) is 15.5. The van der Waals surface area contributed by atoms with Crippen molar-refractivity contribution in [2.24, 2.45) is 0 Å². The number of tetrazole rings is 1. The van der Waals surface area contributed by atoms with Crippen LogP contribution in [0.5, 0.6) is 11.5 Å². The second-order valence-electron chi connectivity index (χ2n) is 8.23. The van der Waals surface area contributed by atoms with Crippen LogP contribution in [-0.2, 0) is 10.2 Å². The van der Waals surface area contributed by atoms with Gasteiger partial charge in [-0.25, -0.2) is 4.39 Å². The predicted molar refractivity (Wildman–Crippen MR) is 129 cm³/mol. The maximum Gasteiger partial charge on any atom is 0.235 e. The van der Waals surface area contributed by atoms with E-state index in [4.69, 9.17) is 21.1 Å². The maximum absolute atomic E-state index is 14.0. The van der Waals surface area contributed by atoms with E-state index in [1.807, 2.05) is 24.3 Å². The molecule has 0 radical (unpaired) electrons. The molecule has 1 aliphatic rings. The van der Waals surface area contributed by atoms with E-state index in [0.29, 0.717) is 47.0 Å². The van der Waals surface area contributed by atoms with Crippen LogP contribution in [0.15, 0.2) is 54.6 Å². The fourth-order valence-electron chi connectivity index (χ4n) is 4.15. The first-order chi connectivity index (χ1) is 16.9. The third kappa shape index (κ3) is 4.19. The van der Waals surface area contributed by atoms with E-state index in [1.54, 1.807) is 32.4 Å². The molecule has 10 heteroatoms. The number of aromatic amines is 1. The van der Waals surface area contributed by atoms with Crippen LogP contribution in [0.1, 0.15) is 18.4 Å². The smallest absolute Gasteiger partial charge is 0.235 e. The average molecular weight is 494 g/mol. The molecular formula is C25H21ClFN5O3. The molecule has 4 aromatic rings. The molecule has 0 aliphatic heterocycles. The Morgan fingerprint density at radius 2 is 1.83 bits per heavy atom. The highest BCUT2D eigenvalue weighted by Crippen LogP contribution is 2.49. The molecule has 5 rings (SSSR count). The average Bonchev–Trinajstić information content (AvgIpc) is 3.51. The van der Waals surface area contributed by atoms with Gasteiger partial charge in [0, 0.05) is 11.3 Å². The summed E-state index contributed by atoms with van der Waals surface area (Å²) >= 11 is 5.82. The van der Waals surface area contributed by atoms with Crippen molar-refractivity contribution >= 4 is 23.2 Å². The number of benzene rings is 3. The Bertz CT molecular complexity index is 1410. The minimum absolute atomic E-state index is 0.0282. The van der Waals surface area contributed by atoms with Crippen molar-refractivity contribution in [1.29, 1.82) is 0 Å². The van der Waals surface area contributed by atoms with Crippen LogP contribution in [0.3, 0.4) is 0 Å². The zero-order valence-corrected chi connectivity index (χ0v) is 19.7. The molecule has 1 saturated carbocycles. The third-order valence-electron chi connectivity index (χ3n) is 6.22. The zero-order valence-electron chi connectivity index (χ0n) is 18.9. The van der Waals surface area contributed by atoms with Gasteiger partial charge in [0.25, 0.3) is 0 Å². The summed E-state index contributed by atoms with van der Waals surface area (Å²) < 4.78 is 24.8. The van der Waals surface area contributed by atoms with Gasteiger partial charge in [-0.1, -0.05) is 29.8 Å². The van der Waals surface area contributed by atoms with Gasteiger partial charge in [-0.3, -0.25) is 4.79 Å². The number of hydrogen-bond acceptors (Lipinski definition) is 6. The topological polar surface area (TPSA) is 102 Å². The molecule has 0 bridgehead atoms. The van der Waals surface area contributed by atoms with Gasteiger partial charge < -0.3 is 14.8 Å². The van der Waals surface area contributed by atoms with Crippen LogP contribution >= 0.6 is 11.6 Å². The summed E-state index contributed by atoms with van der Waals surface area (Å²) in [6.45, 7) is 0. The molecule has 35 heavy (non-hydrogen) atoms. The summed E-state index contributed by atoms with van der Waals surface area (Å²) in [5.41, 5.74) is 2.70. The number of nitrogens with zero attached hydrogens (tertiary/aromatic N) is 3. The van der Waals surface area contributed by atoms with Crippen LogP contribution in [0.4, 0.5) is 10.1 Å². The normalized spacial score (nSPS) is 13.8. The van der Waals surface area contributed by atoms with Gasteiger partial charge in [0.2, 0.25) is 11.7 Å². The predicted octanol–water partition coefficient (Wildman–Crippen LogP) is 5.01. The number of rotatable bonds is 7. The van der Waals surface area contributed by atoms with E-state index in [2.05, 4.69) is 25.9 Å². The lowest BCUT2D eigenvalue weighted by molar-refractivity contribution is -0.118. The van der Waals surface area contributed by atoms with Crippen molar-refractivity contribution in [1.82, 2.24) is 20.6 Å². The molecule has 1 aromatic heterocycles. The summed E-state index contributed by atoms with van der Waals surface area (Å²) in [5, 5.41) is 17.4. The number of carbonyl (C=O) groups is 1. The summed E-state index contributed by atoms with van der Waals surface area (Å²) in [4.78, 5) is 13.3. The van der Waals surface area contributed by atoms with E-state index < -0.39 is 11.2 Å². The number of aromatic nitrogens is 4. The van der Waals surface area contributed by atoms with Gasteiger partial charge in [-0.2, -0.15) is 5.21 Å². The lowest BCUT2D eigenvalue weighted by atomic mass is 9.94. The molecule has 178 valence electrons. The number of amides is 1. The number of H-pyrrole nitrogens is 1. The first kappa shape index (κ1) is 22.8. The van der Waals surface area contributed by atoms with Crippen molar-refractivity contribution in [2.45, 2.75) is 18.3 Å². The monoisotopic (exact) mass is 493 g/mol. The summed E-state index contributed by atoms with van der Waals surface area (Å²) in [7, 11) is 3.14. The summed E-state index contributed by atoms with van der Waals surface area (Å²) in [5.74, 6) is 0.799. The molecule has 8 nitrogen and oxygen atoms in total. The van der Waals surface area contributed by atoms with Gasteiger partial charge in [0.05, 0.1) is 24.7 Å². The van der Waals surface area contributed by atoms with E-state index >= 15 is 0 Å². The fraction of sp³-hybridized carbons (Fsp3) is 0.200. The van der Waals surface area contributed by atoms with Crippen molar-refractivity contribution < 1.29 is 18.7 Å². The second kappa shape index (κ2) is 8.99. The fourth-order valence-corrected chi connectivity index (χ4v) is 4.27. The molecule has 1 fully saturated rings. The lowest BCUT2D eigenvalue weighted by Crippen LogP contribution is -2.28.